The van der Waals surface area contributed by atoms with Crippen molar-refractivity contribution in [1.29, 1.82) is 0 Å². The molecule has 12 heteroatoms. The molecule has 0 fully saturated rings. The Kier molecular flexibility index (Phi) is 4.62. The zero-order valence-electron chi connectivity index (χ0n) is 15.3. The fraction of sp³-hybridized carbons (Fsp3) is 0.167. The number of benzene rings is 1. The molecule has 0 unspecified atom stereocenters. The number of halogens is 3. The van der Waals surface area contributed by atoms with Crippen LogP contribution in [0.1, 0.15) is 11.3 Å². The Balaban J connectivity index is 1.95. The lowest BCUT2D eigenvalue weighted by Gasteiger charge is -2.11. The van der Waals surface area contributed by atoms with Gasteiger partial charge in [0.2, 0.25) is 0 Å². The standard InChI is InChI=1S/C18H13F3N4O4S/c1-30(28,29)13-4-11(19)10(14(20)15(13)21)6-25-16-9-3-2-8(7-26)23-17(9)22-5-12(16)24-18(25)27/h2-5,26H,6-7H2,1H3,(H,24,27). The lowest BCUT2D eigenvalue weighted by Crippen LogP contribution is -2.20. The molecule has 1 aromatic carbocycles. The highest BCUT2D eigenvalue weighted by Crippen LogP contribution is 2.26. The second-order valence-corrected chi connectivity index (χ2v) is 8.59. The number of fused-ring (bicyclic) bond motifs is 3. The van der Waals surface area contributed by atoms with E-state index in [0.29, 0.717) is 23.4 Å². The van der Waals surface area contributed by atoms with Crippen LogP contribution in [0, 0.1) is 17.5 Å². The maximum Gasteiger partial charge on any atom is 0.326 e. The van der Waals surface area contributed by atoms with Gasteiger partial charge < -0.3 is 10.1 Å². The Bertz CT molecular complexity index is 1500. The van der Waals surface area contributed by atoms with Gasteiger partial charge >= 0.3 is 5.69 Å². The lowest BCUT2D eigenvalue weighted by molar-refractivity contribution is 0.277. The summed E-state index contributed by atoms with van der Waals surface area (Å²) < 4.78 is 67.4. The summed E-state index contributed by atoms with van der Waals surface area (Å²) in [5, 5.41) is 9.58. The molecule has 0 aliphatic carbocycles. The number of rotatable bonds is 4. The molecule has 0 saturated heterocycles. The van der Waals surface area contributed by atoms with Crippen molar-refractivity contribution in [3.05, 3.63) is 63.6 Å². The number of H-pyrrole nitrogens is 1. The molecule has 0 bridgehead atoms. The van der Waals surface area contributed by atoms with E-state index in [1.54, 1.807) is 0 Å². The van der Waals surface area contributed by atoms with Crippen molar-refractivity contribution < 1.29 is 26.7 Å². The summed E-state index contributed by atoms with van der Waals surface area (Å²) >= 11 is 0. The molecule has 0 atom stereocenters. The minimum atomic E-state index is -4.20. The summed E-state index contributed by atoms with van der Waals surface area (Å²) in [5.41, 5.74) is -0.575. The van der Waals surface area contributed by atoms with Crippen molar-refractivity contribution in [1.82, 2.24) is 19.5 Å². The number of hydrogen-bond donors (Lipinski definition) is 2. The maximum atomic E-state index is 14.5. The van der Waals surface area contributed by atoms with Crippen molar-refractivity contribution >= 4 is 31.9 Å². The molecule has 2 N–H and O–H groups in total. The quantitative estimate of drug-likeness (QED) is 0.468. The smallest absolute Gasteiger partial charge is 0.326 e. The molecule has 0 saturated carbocycles. The molecule has 30 heavy (non-hydrogen) atoms. The SMILES string of the molecule is CS(=O)(=O)c1cc(F)c(Cn2c(=O)[nH]c3cnc4nc(CO)ccc4c32)c(F)c1F. The summed E-state index contributed by atoms with van der Waals surface area (Å²) in [5.74, 6) is -4.73. The Morgan fingerprint density at radius 2 is 1.93 bits per heavy atom. The second-order valence-electron chi connectivity index (χ2n) is 6.60. The molecular formula is C18H13F3N4O4S. The zero-order chi connectivity index (χ0) is 21.8. The van der Waals surface area contributed by atoms with Crippen molar-refractivity contribution in [2.24, 2.45) is 0 Å². The molecular weight excluding hydrogens is 425 g/mol. The summed E-state index contributed by atoms with van der Waals surface area (Å²) in [6.07, 6.45) is 1.92. The number of nitrogens with zero attached hydrogens (tertiary/aromatic N) is 3. The van der Waals surface area contributed by atoms with Crippen LogP contribution >= 0.6 is 0 Å². The highest BCUT2D eigenvalue weighted by Gasteiger charge is 2.25. The Labute approximate surface area is 166 Å². The van der Waals surface area contributed by atoms with E-state index >= 15 is 0 Å². The number of aliphatic hydroxyl groups excluding tert-OH is 1. The molecule has 4 rings (SSSR count). The van der Waals surface area contributed by atoms with E-state index < -0.39 is 50.0 Å². The molecule has 0 aliphatic heterocycles. The first-order valence-corrected chi connectivity index (χ1v) is 10.4. The van der Waals surface area contributed by atoms with Gasteiger partial charge in [-0.3, -0.25) is 4.57 Å². The van der Waals surface area contributed by atoms with E-state index in [1.165, 1.54) is 18.3 Å². The van der Waals surface area contributed by atoms with Gasteiger partial charge in [-0.25, -0.2) is 36.4 Å². The molecule has 0 radical (unpaired) electrons. The minimum absolute atomic E-state index is 0.182. The van der Waals surface area contributed by atoms with Gasteiger partial charge in [-0.15, -0.1) is 0 Å². The Morgan fingerprint density at radius 1 is 1.20 bits per heavy atom. The first-order valence-electron chi connectivity index (χ1n) is 8.46. The number of hydrogen-bond acceptors (Lipinski definition) is 6. The highest BCUT2D eigenvalue weighted by atomic mass is 32.2. The fourth-order valence-corrected chi connectivity index (χ4v) is 3.92. The molecule has 3 aromatic heterocycles. The van der Waals surface area contributed by atoms with Crippen LogP contribution in [-0.2, 0) is 23.0 Å². The summed E-state index contributed by atoms with van der Waals surface area (Å²) in [6.45, 7) is -1.05. The predicted molar refractivity (Wildman–Crippen MR) is 100 cm³/mol. The van der Waals surface area contributed by atoms with Crippen LogP contribution in [0.2, 0.25) is 0 Å². The largest absolute Gasteiger partial charge is 0.390 e. The summed E-state index contributed by atoms with van der Waals surface area (Å²) in [7, 11) is -4.20. The maximum absolute atomic E-state index is 14.5. The van der Waals surface area contributed by atoms with Crippen molar-refractivity contribution in [2.75, 3.05) is 6.26 Å². The molecule has 4 aromatic rings. The molecule has 3 heterocycles. The molecule has 0 amide bonds. The molecule has 8 nitrogen and oxygen atoms in total. The molecule has 0 aliphatic rings. The third kappa shape index (κ3) is 3.13. The number of imidazole rings is 1. The molecule has 0 spiro atoms. The van der Waals surface area contributed by atoms with E-state index in [2.05, 4.69) is 15.0 Å². The van der Waals surface area contributed by atoms with Crippen molar-refractivity contribution in [2.45, 2.75) is 18.0 Å². The predicted octanol–water partition coefficient (Wildman–Crippen LogP) is 1.63. The van der Waals surface area contributed by atoms with E-state index in [1.807, 2.05) is 0 Å². The van der Waals surface area contributed by atoms with Gasteiger partial charge in [0.1, 0.15) is 10.7 Å². The lowest BCUT2D eigenvalue weighted by atomic mass is 10.1. The van der Waals surface area contributed by atoms with Crippen LogP contribution in [0.15, 0.2) is 34.1 Å². The van der Waals surface area contributed by atoms with Crippen LogP contribution in [0.25, 0.3) is 22.1 Å². The number of pyridine rings is 2. The second kappa shape index (κ2) is 6.92. The number of nitrogens with one attached hydrogen (secondary N) is 1. The minimum Gasteiger partial charge on any atom is -0.390 e. The average molecular weight is 438 g/mol. The highest BCUT2D eigenvalue weighted by molar-refractivity contribution is 7.90. The van der Waals surface area contributed by atoms with Crippen molar-refractivity contribution in [3.63, 3.8) is 0 Å². The van der Waals surface area contributed by atoms with E-state index in [0.717, 1.165) is 4.57 Å². The average Bonchev–Trinajstić information content (AvgIpc) is 3.02. The third-order valence-electron chi connectivity index (χ3n) is 4.61. The van der Waals surface area contributed by atoms with Crippen LogP contribution in [0.4, 0.5) is 13.2 Å². The van der Waals surface area contributed by atoms with Gasteiger partial charge in [0.15, 0.2) is 27.1 Å². The van der Waals surface area contributed by atoms with Gasteiger partial charge in [-0.1, -0.05) is 0 Å². The van der Waals surface area contributed by atoms with Gasteiger partial charge in [0, 0.05) is 17.2 Å². The third-order valence-corrected chi connectivity index (χ3v) is 5.71. The summed E-state index contributed by atoms with van der Waals surface area (Å²) in [6, 6.07) is 3.41. The zero-order valence-corrected chi connectivity index (χ0v) is 16.1. The van der Waals surface area contributed by atoms with E-state index in [4.69, 9.17) is 0 Å². The fourth-order valence-electron chi connectivity index (χ4n) is 3.19. The van der Waals surface area contributed by atoms with E-state index in [9.17, 15) is 31.5 Å². The van der Waals surface area contributed by atoms with Crippen molar-refractivity contribution in [3.8, 4) is 0 Å². The number of aliphatic hydroxyl groups is 1. The van der Waals surface area contributed by atoms with Crippen LogP contribution in [0.3, 0.4) is 0 Å². The normalized spacial score (nSPS) is 12.2. The van der Waals surface area contributed by atoms with Crippen LogP contribution in [0.5, 0.6) is 0 Å². The first-order chi connectivity index (χ1) is 14.1. The van der Waals surface area contributed by atoms with Crippen LogP contribution in [-0.4, -0.2) is 39.3 Å². The number of aromatic amines is 1. The summed E-state index contributed by atoms with van der Waals surface area (Å²) in [4.78, 5) is 22.0. The van der Waals surface area contributed by atoms with Gasteiger partial charge in [-0.05, 0) is 18.2 Å². The Hall–Kier alpha value is -3.25. The van der Waals surface area contributed by atoms with Gasteiger partial charge in [0.25, 0.3) is 0 Å². The molecule has 156 valence electrons. The number of aromatic nitrogens is 4. The van der Waals surface area contributed by atoms with Gasteiger partial charge in [-0.2, -0.15) is 0 Å². The van der Waals surface area contributed by atoms with E-state index in [-0.39, 0.29) is 23.3 Å². The topological polar surface area (TPSA) is 118 Å². The Morgan fingerprint density at radius 3 is 2.60 bits per heavy atom. The van der Waals surface area contributed by atoms with Crippen LogP contribution < -0.4 is 5.69 Å². The monoisotopic (exact) mass is 438 g/mol. The van der Waals surface area contributed by atoms with Gasteiger partial charge in [0.05, 0.1) is 36.1 Å². The first kappa shape index (κ1) is 20.0. The number of sulfone groups is 1.